The van der Waals surface area contributed by atoms with Crippen LogP contribution in [0.5, 0.6) is 0 Å². The van der Waals surface area contributed by atoms with Crippen LogP contribution >= 0.6 is 0 Å². The van der Waals surface area contributed by atoms with E-state index < -0.39 is 0 Å². The van der Waals surface area contributed by atoms with Gasteiger partial charge < -0.3 is 15.3 Å². The van der Waals surface area contributed by atoms with Crippen molar-refractivity contribution in [2.75, 3.05) is 19.0 Å². The van der Waals surface area contributed by atoms with Crippen LogP contribution in [0.4, 0.5) is 5.69 Å². The molecule has 0 aliphatic heterocycles. The van der Waals surface area contributed by atoms with Crippen LogP contribution in [0.1, 0.15) is 25.8 Å². The summed E-state index contributed by atoms with van der Waals surface area (Å²) < 4.78 is 0. The lowest BCUT2D eigenvalue weighted by Crippen LogP contribution is -2.60. The molecule has 0 aromatic heterocycles. The summed E-state index contributed by atoms with van der Waals surface area (Å²) in [5.74, 6) is -0.114. The zero-order valence-electron chi connectivity index (χ0n) is 13.1. The third-order valence-electron chi connectivity index (χ3n) is 4.37. The van der Waals surface area contributed by atoms with Crippen molar-refractivity contribution in [1.82, 2.24) is 5.32 Å². The van der Waals surface area contributed by atoms with Gasteiger partial charge in [-0.1, -0.05) is 26.0 Å². The number of aliphatic hydroxyl groups excluding tert-OH is 1. The van der Waals surface area contributed by atoms with Gasteiger partial charge in [0.05, 0.1) is 6.10 Å². The highest BCUT2D eigenvalue weighted by atomic mass is 16.3. The molecule has 4 nitrogen and oxygen atoms in total. The van der Waals surface area contributed by atoms with Crippen LogP contribution in [0.2, 0.25) is 0 Å². The van der Waals surface area contributed by atoms with Crippen molar-refractivity contribution in [3.63, 3.8) is 0 Å². The molecular formula is C17H24N2O2. The number of rotatable bonds is 4. The molecule has 2 N–H and O–H groups in total. The molecule has 4 heteroatoms. The van der Waals surface area contributed by atoms with Gasteiger partial charge in [-0.15, -0.1) is 0 Å². The lowest BCUT2D eigenvalue weighted by atomic mass is 9.64. The highest BCUT2D eigenvalue weighted by Gasteiger charge is 2.47. The maximum Gasteiger partial charge on any atom is 0.244 e. The largest absolute Gasteiger partial charge is 0.392 e. The Bertz CT molecular complexity index is 532. The minimum absolute atomic E-state index is 0.0424. The Morgan fingerprint density at radius 1 is 1.33 bits per heavy atom. The molecule has 2 unspecified atom stereocenters. The van der Waals surface area contributed by atoms with Gasteiger partial charge in [0, 0.05) is 37.3 Å². The van der Waals surface area contributed by atoms with Crippen LogP contribution in [0, 0.1) is 5.41 Å². The quantitative estimate of drug-likeness (QED) is 0.834. The molecule has 0 spiro atoms. The summed E-state index contributed by atoms with van der Waals surface area (Å²) in [4.78, 5) is 13.9. The third-order valence-corrected chi connectivity index (χ3v) is 4.37. The van der Waals surface area contributed by atoms with E-state index in [9.17, 15) is 9.90 Å². The SMILES string of the molecule is CN(C)c1ccc(/C=C/C(=O)NC2CC(O)C2(C)C)cc1. The van der Waals surface area contributed by atoms with E-state index in [1.54, 1.807) is 12.2 Å². The number of nitrogens with zero attached hydrogens (tertiary/aromatic N) is 1. The lowest BCUT2D eigenvalue weighted by molar-refractivity contribution is -0.124. The first-order chi connectivity index (χ1) is 9.80. The van der Waals surface area contributed by atoms with Crippen LogP contribution in [-0.2, 0) is 4.79 Å². The summed E-state index contributed by atoms with van der Waals surface area (Å²) in [6.07, 6.45) is 3.65. The predicted octanol–water partition coefficient (Wildman–Crippen LogP) is 2.04. The van der Waals surface area contributed by atoms with Crippen LogP contribution in [0.15, 0.2) is 30.3 Å². The van der Waals surface area contributed by atoms with Crippen molar-refractivity contribution in [2.24, 2.45) is 5.41 Å². The van der Waals surface area contributed by atoms with E-state index in [0.717, 1.165) is 11.3 Å². The molecule has 1 amide bonds. The molecule has 2 rings (SSSR count). The molecule has 1 aliphatic rings. The number of hydrogen-bond donors (Lipinski definition) is 2. The van der Waals surface area contributed by atoms with Crippen molar-refractivity contribution in [3.8, 4) is 0 Å². The Labute approximate surface area is 126 Å². The van der Waals surface area contributed by atoms with Gasteiger partial charge in [0.25, 0.3) is 0 Å². The topological polar surface area (TPSA) is 52.6 Å². The highest BCUT2D eigenvalue weighted by Crippen LogP contribution is 2.40. The van der Waals surface area contributed by atoms with Crippen molar-refractivity contribution < 1.29 is 9.90 Å². The van der Waals surface area contributed by atoms with E-state index in [1.165, 1.54) is 0 Å². The van der Waals surface area contributed by atoms with Gasteiger partial charge in [0.2, 0.25) is 5.91 Å². The van der Waals surface area contributed by atoms with Crippen molar-refractivity contribution in [2.45, 2.75) is 32.4 Å². The maximum absolute atomic E-state index is 11.9. The summed E-state index contributed by atoms with van der Waals surface area (Å²) in [7, 11) is 3.99. The first kappa shape index (κ1) is 15.6. The molecular weight excluding hydrogens is 264 g/mol. The van der Waals surface area contributed by atoms with Crippen molar-refractivity contribution >= 4 is 17.7 Å². The van der Waals surface area contributed by atoms with Gasteiger partial charge in [-0.3, -0.25) is 4.79 Å². The smallest absolute Gasteiger partial charge is 0.244 e. The molecule has 1 aliphatic carbocycles. The lowest BCUT2D eigenvalue weighted by Gasteiger charge is -2.49. The number of anilines is 1. The molecule has 0 radical (unpaired) electrons. The van der Waals surface area contributed by atoms with E-state index in [-0.39, 0.29) is 23.5 Å². The second-order valence-electron chi connectivity index (χ2n) is 6.45. The molecule has 1 saturated carbocycles. The second kappa shape index (κ2) is 5.90. The molecule has 0 saturated heterocycles. The minimum atomic E-state index is -0.328. The molecule has 2 atom stereocenters. The van der Waals surface area contributed by atoms with E-state index in [4.69, 9.17) is 0 Å². The Balaban J connectivity index is 1.90. The molecule has 0 heterocycles. The van der Waals surface area contributed by atoms with Gasteiger partial charge >= 0.3 is 0 Å². The predicted molar refractivity (Wildman–Crippen MR) is 86.1 cm³/mol. The fourth-order valence-electron chi connectivity index (χ4n) is 2.42. The van der Waals surface area contributed by atoms with E-state index in [1.807, 2.05) is 57.1 Å². The van der Waals surface area contributed by atoms with Gasteiger partial charge in [-0.05, 0) is 30.2 Å². The second-order valence-corrected chi connectivity index (χ2v) is 6.45. The summed E-state index contributed by atoms with van der Waals surface area (Å²) in [6, 6.07) is 8.04. The van der Waals surface area contributed by atoms with E-state index >= 15 is 0 Å². The molecule has 114 valence electrons. The van der Waals surface area contributed by atoms with Crippen molar-refractivity contribution in [3.05, 3.63) is 35.9 Å². The molecule has 0 bridgehead atoms. The number of carbonyl (C=O) groups excluding carboxylic acids is 1. The number of hydrogen-bond acceptors (Lipinski definition) is 3. The Kier molecular flexibility index (Phi) is 4.37. The van der Waals surface area contributed by atoms with Crippen LogP contribution in [0.25, 0.3) is 6.08 Å². The Morgan fingerprint density at radius 3 is 2.43 bits per heavy atom. The molecule has 1 aromatic carbocycles. The standard InChI is InChI=1S/C17H24N2O2/c1-17(2)14(11-15(17)20)18-16(21)10-7-12-5-8-13(9-6-12)19(3)4/h5-10,14-15,20H,11H2,1-4H3,(H,18,21)/b10-7+. The number of aliphatic hydroxyl groups is 1. The van der Waals surface area contributed by atoms with Crippen LogP contribution in [-0.4, -0.2) is 37.3 Å². The minimum Gasteiger partial charge on any atom is -0.392 e. The Morgan fingerprint density at radius 2 is 1.95 bits per heavy atom. The van der Waals surface area contributed by atoms with E-state index in [0.29, 0.717) is 6.42 Å². The molecule has 21 heavy (non-hydrogen) atoms. The summed E-state index contributed by atoms with van der Waals surface area (Å²) in [5.41, 5.74) is 1.88. The van der Waals surface area contributed by atoms with Crippen LogP contribution in [0.3, 0.4) is 0 Å². The summed E-state index contributed by atoms with van der Waals surface area (Å²) in [5, 5.41) is 12.6. The number of amides is 1. The Hall–Kier alpha value is -1.81. The van der Waals surface area contributed by atoms with Crippen LogP contribution < -0.4 is 10.2 Å². The van der Waals surface area contributed by atoms with Gasteiger partial charge in [-0.2, -0.15) is 0 Å². The number of benzene rings is 1. The first-order valence-electron chi connectivity index (χ1n) is 7.24. The maximum atomic E-state index is 11.9. The van der Waals surface area contributed by atoms with Gasteiger partial charge in [-0.25, -0.2) is 0 Å². The van der Waals surface area contributed by atoms with Gasteiger partial charge in [0.15, 0.2) is 0 Å². The average Bonchev–Trinajstić information content (AvgIpc) is 2.45. The number of carbonyl (C=O) groups is 1. The van der Waals surface area contributed by atoms with Gasteiger partial charge in [0.1, 0.15) is 0 Å². The monoisotopic (exact) mass is 288 g/mol. The number of nitrogens with one attached hydrogen (secondary N) is 1. The first-order valence-corrected chi connectivity index (χ1v) is 7.24. The fourth-order valence-corrected chi connectivity index (χ4v) is 2.42. The summed E-state index contributed by atoms with van der Waals surface area (Å²) in [6.45, 7) is 3.94. The summed E-state index contributed by atoms with van der Waals surface area (Å²) >= 11 is 0. The zero-order valence-corrected chi connectivity index (χ0v) is 13.1. The molecule has 1 fully saturated rings. The zero-order chi connectivity index (χ0) is 15.6. The van der Waals surface area contributed by atoms with E-state index in [2.05, 4.69) is 5.32 Å². The third kappa shape index (κ3) is 3.45. The fraction of sp³-hybridized carbons (Fsp3) is 0.471. The normalized spacial score (nSPS) is 23.7. The molecule has 1 aromatic rings. The van der Waals surface area contributed by atoms with Crippen molar-refractivity contribution in [1.29, 1.82) is 0 Å². The average molecular weight is 288 g/mol. The highest BCUT2D eigenvalue weighted by molar-refractivity contribution is 5.92.